The normalized spacial score (nSPS) is 14.3. The fourth-order valence-electron chi connectivity index (χ4n) is 10.3. The number of unbranched alkanes of at least 4 members (excludes halogenated alkanes) is 32. The van der Waals surface area contributed by atoms with E-state index in [1.165, 1.54) is 135 Å². The van der Waals surface area contributed by atoms with Gasteiger partial charge in [-0.3, -0.25) is 37.3 Å². The highest BCUT2D eigenvalue weighted by atomic mass is 31.2. The van der Waals surface area contributed by atoms with Crippen LogP contribution in [0.5, 0.6) is 0 Å². The molecule has 0 spiro atoms. The van der Waals surface area contributed by atoms with Crippen LogP contribution in [0.15, 0.2) is 0 Å². The molecular formula is C69H134O17P2. The van der Waals surface area contributed by atoms with E-state index in [4.69, 9.17) is 37.0 Å². The quantitative estimate of drug-likeness (QED) is 0.0222. The lowest BCUT2D eigenvalue weighted by Gasteiger charge is -2.21. The topological polar surface area (TPSA) is 237 Å². The molecule has 0 aromatic heterocycles. The summed E-state index contributed by atoms with van der Waals surface area (Å²) in [5.74, 6) is 0.746. The third-order valence-corrected chi connectivity index (χ3v) is 17.7. The lowest BCUT2D eigenvalue weighted by Crippen LogP contribution is -2.30. The van der Waals surface area contributed by atoms with Crippen LogP contribution in [0, 0.1) is 23.7 Å². The molecule has 5 atom stereocenters. The second kappa shape index (κ2) is 58.8. The molecule has 0 heterocycles. The first kappa shape index (κ1) is 86.1. The van der Waals surface area contributed by atoms with Gasteiger partial charge in [-0.1, -0.05) is 287 Å². The van der Waals surface area contributed by atoms with Gasteiger partial charge in [0, 0.05) is 25.7 Å². The van der Waals surface area contributed by atoms with E-state index in [0.29, 0.717) is 37.5 Å². The Hall–Kier alpha value is -1.94. The minimum Gasteiger partial charge on any atom is -0.462 e. The molecule has 0 radical (unpaired) electrons. The van der Waals surface area contributed by atoms with Crippen LogP contribution < -0.4 is 0 Å². The van der Waals surface area contributed by atoms with Gasteiger partial charge in [0.1, 0.15) is 19.3 Å². The molecule has 0 fully saturated rings. The van der Waals surface area contributed by atoms with Crippen molar-refractivity contribution in [1.29, 1.82) is 0 Å². The van der Waals surface area contributed by atoms with E-state index in [2.05, 4.69) is 55.4 Å². The molecule has 522 valence electrons. The summed E-state index contributed by atoms with van der Waals surface area (Å²) in [5, 5.41) is 10.6. The molecule has 0 saturated carbocycles. The highest BCUT2D eigenvalue weighted by Crippen LogP contribution is 2.45. The standard InChI is InChI=1S/C69H134O17P2/c1-59(2)45-37-29-21-17-15-13-11-9-10-12-14-16-18-24-35-43-51-68(73)85-64(56-80-67(72)50-42-34-27-25-31-39-47-61(5)6)57-83-87(75,76)81-53-63(70)54-82-88(77,78)84-58-65(86-69(74)52-44-36-28-26-32-40-48-62(7)8)55-79-66(71)49-41-33-23-20-19-22-30-38-46-60(3)4/h59-65,70H,9-58H2,1-8H3,(H,75,76)(H,77,78)/t63?,64-,65-/m1/s1. The maximum Gasteiger partial charge on any atom is 0.472 e. The van der Waals surface area contributed by atoms with Gasteiger partial charge in [0.2, 0.25) is 0 Å². The van der Waals surface area contributed by atoms with Crippen LogP contribution in [0.1, 0.15) is 338 Å². The molecule has 0 aliphatic heterocycles. The number of ether oxygens (including phenoxy) is 4. The second-order valence-electron chi connectivity index (χ2n) is 26.8. The van der Waals surface area contributed by atoms with Crippen LogP contribution in [0.3, 0.4) is 0 Å². The van der Waals surface area contributed by atoms with E-state index >= 15 is 0 Å². The zero-order valence-electron chi connectivity index (χ0n) is 57.3. The van der Waals surface area contributed by atoms with Crippen LogP contribution in [0.4, 0.5) is 0 Å². The van der Waals surface area contributed by atoms with Crippen LogP contribution >= 0.6 is 15.6 Å². The molecule has 0 aromatic rings. The van der Waals surface area contributed by atoms with Gasteiger partial charge in [0.15, 0.2) is 12.2 Å². The third-order valence-electron chi connectivity index (χ3n) is 15.8. The summed E-state index contributed by atoms with van der Waals surface area (Å²) in [5.41, 5.74) is 0. The summed E-state index contributed by atoms with van der Waals surface area (Å²) < 4.78 is 68.1. The molecule has 3 N–H and O–H groups in total. The maximum atomic E-state index is 13.0. The Morgan fingerprint density at radius 3 is 0.705 bits per heavy atom. The number of phosphoric acid groups is 2. The van der Waals surface area contributed by atoms with Crippen LogP contribution in [0.2, 0.25) is 0 Å². The van der Waals surface area contributed by atoms with Gasteiger partial charge < -0.3 is 33.8 Å². The number of aliphatic hydroxyl groups excluding tert-OH is 1. The number of carbonyl (C=O) groups is 4. The van der Waals surface area contributed by atoms with Gasteiger partial charge in [0.05, 0.1) is 26.4 Å². The number of rotatable bonds is 66. The van der Waals surface area contributed by atoms with Gasteiger partial charge in [-0.05, 0) is 49.4 Å². The molecule has 0 rings (SSSR count). The molecule has 88 heavy (non-hydrogen) atoms. The van der Waals surface area contributed by atoms with Crippen molar-refractivity contribution in [3.05, 3.63) is 0 Å². The van der Waals surface area contributed by atoms with E-state index in [1.807, 2.05) is 0 Å². The Morgan fingerprint density at radius 1 is 0.284 bits per heavy atom. The Morgan fingerprint density at radius 2 is 0.477 bits per heavy atom. The van der Waals surface area contributed by atoms with E-state index < -0.39 is 97.5 Å². The Kier molecular flexibility index (Phi) is 57.6. The summed E-state index contributed by atoms with van der Waals surface area (Å²) in [7, 11) is -9.90. The summed E-state index contributed by atoms with van der Waals surface area (Å²) >= 11 is 0. The van der Waals surface area contributed by atoms with Crippen molar-refractivity contribution in [2.24, 2.45) is 23.7 Å². The molecule has 0 bridgehead atoms. The Labute approximate surface area is 537 Å². The van der Waals surface area contributed by atoms with Crippen LogP contribution in [0.25, 0.3) is 0 Å². The number of hydrogen-bond acceptors (Lipinski definition) is 15. The first-order chi connectivity index (χ1) is 42.1. The number of hydrogen-bond donors (Lipinski definition) is 3. The van der Waals surface area contributed by atoms with Gasteiger partial charge in [-0.15, -0.1) is 0 Å². The average Bonchev–Trinajstić information content (AvgIpc) is 3.68. The molecule has 3 unspecified atom stereocenters. The summed E-state index contributed by atoms with van der Waals surface area (Å²) in [6.45, 7) is 14.0. The number of carbonyl (C=O) groups excluding carboxylic acids is 4. The van der Waals surface area contributed by atoms with Crippen LogP contribution in [-0.2, 0) is 65.4 Å². The number of phosphoric ester groups is 2. The monoisotopic (exact) mass is 1300 g/mol. The van der Waals surface area contributed by atoms with E-state index in [1.54, 1.807) is 0 Å². The zero-order valence-corrected chi connectivity index (χ0v) is 59.1. The van der Waals surface area contributed by atoms with Crippen LogP contribution in [-0.4, -0.2) is 96.7 Å². The van der Waals surface area contributed by atoms with Gasteiger partial charge in [0.25, 0.3) is 0 Å². The number of esters is 4. The fraction of sp³-hybridized carbons (Fsp3) is 0.942. The Balaban J connectivity index is 5.17. The highest BCUT2D eigenvalue weighted by molar-refractivity contribution is 7.47. The molecule has 0 aliphatic rings. The van der Waals surface area contributed by atoms with Gasteiger partial charge in [-0.25, -0.2) is 9.13 Å². The lowest BCUT2D eigenvalue weighted by molar-refractivity contribution is -0.161. The molecule has 19 heteroatoms. The van der Waals surface area contributed by atoms with Crippen molar-refractivity contribution in [2.75, 3.05) is 39.6 Å². The minimum absolute atomic E-state index is 0.101. The zero-order chi connectivity index (χ0) is 65.4. The van der Waals surface area contributed by atoms with Crippen molar-refractivity contribution >= 4 is 39.5 Å². The van der Waals surface area contributed by atoms with E-state index in [-0.39, 0.29) is 25.7 Å². The predicted octanol–water partition coefficient (Wildman–Crippen LogP) is 19.3. The smallest absolute Gasteiger partial charge is 0.462 e. The van der Waals surface area contributed by atoms with Crippen molar-refractivity contribution in [3.63, 3.8) is 0 Å². The molecule has 17 nitrogen and oxygen atoms in total. The fourth-order valence-corrected chi connectivity index (χ4v) is 11.9. The maximum absolute atomic E-state index is 13.0. The highest BCUT2D eigenvalue weighted by Gasteiger charge is 2.30. The van der Waals surface area contributed by atoms with Crippen molar-refractivity contribution < 1.29 is 80.2 Å². The van der Waals surface area contributed by atoms with Crippen molar-refractivity contribution in [1.82, 2.24) is 0 Å². The van der Waals surface area contributed by atoms with Gasteiger partial charge in [-0.2, -0.15) is 0 Å². The number of aliphatic hydroxyl groups is 1. The summed E-state index contributed by atoms with van der Waals surface area (Å²) in [4.78, 5) is 72.3. The molecule has 0 aliphatic carbocycles. The van der Waals surface area contributed by atoms with E-state index in [0.717, 1.165) is 108 Å². The average molecular weight is 1300 g/mol. The molecule has 0 amide bonds. The molecule has 0 aromatic carbocycles. The Bertz CT molecular complexity index is 1750. The van der Waals surface area contributed by atoms with Gasteiger partial charge >= 0.3 is 39.5 Å². The first-order valence-corrected chi connectivity index (χ1v) is 38.7. The summed E-state index contributed by atoms with van der Waals surface area (Å²) in [6, 6.07) is 0. The molecular weight excluding hydrogens is 1160 g/mol. The van der Waals surface area contributed by atoms with E-state index in [9.17, 15) is 43.2 Å². The third kappa shape index (κ3) is 62.8. The summed E-state index contributed by atoms with van der Waals surface area (Å²) in [6.07, 6.45) is 40.8. The second-order valence-corrected chi connectivity index (χ2v) is 29.7. The van der Waals surface area contributed by atoms with Crippen molar-refractivity contribution in [3.8, 4) is 0 Å². The largest absolute Gasteiger partial charge is 0.472 e. The SMILES string of the molecule is CC(C)CCCCCCCCCCCCCCCCCCC(=O)O[C@H](COC(=O)CCCCCCCCC(C)C)COP(=O)(O)OCC(O)COP(=O)(O)OC[C@@H](COC(=O)CCCCCCCCCCC(C)C)OC(=O)CCCCCCCCC(C)C. The first-order valence-electron chi connectivity index (χ1n) is 35.7. The lowest BCUT2D eigenvalue weighted by atomic mass is 10.0. The molecule has 0 saturated heterocycles. The van der Waals surface area contributed by atoms with Crippen molar-refractivity contribution in [2.45, 2.75) is 356 Å². The predicted molar refractivity (Wildman–Crippen MR) is 354 cm³/mol. The minimum atomic E-state index is -4.95.